The predicted octanol–water partition coefficient (Wildman–Crippen LogP) is 32.7. The quantitative estimate of drug-likeness (QED) is 0.0514. The van der Waals surface area contributed by atoms with Gasteiger partial charge in [0.15, 0.2) is 69.1 Å². The fourth-order valence-electron chi connectivity index (χ4n) is 15.1. The summed E-state index contributed by atoms with van der Waals surface area (Å²) in [6, 6.07) is 104. The van der Waals surface area contributed by atoms with E-state index in [0.29, 0.717) is 47.3 Å². The number of benzene rings is 15. The molecule has 0 fully saturated rings. The van der Waals surface area contributed by atoms with E-state index in [-0.39, 0.29) is 50.0 Å². The molecule has 0 spiro atoms. The molecule has 0 N–H and O–H groups in total. The smallest absolute Gasteiger partial charge is 0.339 e. The Balaban J connectivity index is 0.000000139. The number of para-hydroxylation sites is 1. The van der Waals surface area contributed by atoms with Crippen molar-refractivity contribution in [3.8, 4) is 86.2 Å². The molecular formula is C129H128O18. The van der Waals surface area contributed by atoms with Gasteiger partial charge in [-0.2, -0.15) is 0 Å². The molecule has 18 nitrogen and oxygen atoms in total. The second kappa shape index (κ2) is 48.4. The van der Waals surface area contributed by atoms with Crippen molar-refractivity contribution < 1.29 is 85.4 Å². The molecule has 752 valence electrons. The lowest BCUT2D eigenvalue weighted by Gasteiger charge is -2.26. The van der Waals surface area contributed by atoms with Gasteiger partial charge in [-0.3, -0.25) is 9.59 Å². The van der Waals surface area contributed by atoms with E-state index in [0.717, 1.165) is 107 Å². The van der Waals surface area contributed by atoms with Gasteiger partial charge in [0, 0.05) is 22.6 Å². The molecule has 18 heteroatoms. The Bertz CT molecular complexity index is 7150. The van der Waals surface area contributed by atoms with Gasteiger partial charge in [0.2, 0.25) is 0 Å². The Hall–Kier alpha value is -17.0. The van der Waals surface area contributed by atoms with Crippen LogP contribution in [0.15, 0.2) is 421 Å². The zero-order valence-electron chi connectivity index (χ0n) is 87.0. The maximum atomic E-state index is 11.9. The molecule has 0 aliphatic carbocycles. The highest BCUT2D eigenvalue weighted by Gasteiger charge is 2.27. The molecule has 0 amide bonds. The third kappa shape index (κ3) is 31.5. The number of ether oxygens (including phenoxy) is 15. The third-order valence-electron chi connectivity index (χ3n) is 23.4. The van der Waals surface area contributed by atoms with Crippen LogP contribution in [0.2, 0.25) is 0 Å². The predicted molar refractivity (Wildman–Crippen MR) is 589 cm³/mol. The summed E-state index contributed by atoms with van der Waals surface area (Å²) in [5, 5.41) is 9.10. The van der Waals surface area contributed by atoms with Crippen LogP contribution in [0.3, 0.4) is 0 Å². The van der Waals surface area contributed by atoms with Crippen LogP contribution in [0.5, 0.6) is 86.2 Å². The van der Waals surface area contributed by atoms with Gasteiger partial charge in [0.25, 0.3) is 17.8 Å². The highest BCUT2D eigenvalue weighted by atomic mass is 16.7. The first kappa shape index (κ1) is 107. The first-order valence-corrected chi connectivity index (χ1v) is 48.5. The number of esters is 1. The minimum Gasteiger partial charge on any atom is -0.485 e. The molecule has 0 saturated carbocycles. The van der Waals surface area contributed by atoms with Crippen LogP contribution < -0.4 is 71.1 Å². The Morgan fingerprint density at radius 2 is 0.639 bits per heavy atom. The molecular weight excluding hydrogens is 1840 g/mol. The molecule has 0 radical (unpaired) electrons. The Morgan fingerprint density at radius 3 is 1.04 bits per heavy atom. The number of carbonyl (C=O) groups excluding carboxylic acids is 3. The average Bonchev–Trinajstić information content (AvgIpc) is 1.55. The summed E-state index contributed by atoms with van der Waals surface area (Å²) in [6.07, 6.45) is 17.2. The number of carbonyl (C=O) groups is 3. The first-order valence-electron chi connectivity index (χ1n) is 48.5. The van der Waals surface area contributed by atoms with Crippen molar-refractivity contribution in [2.75, 3.05) is 6.61 Å². The zero-order chi connectivity index (χ0) is 105. The second-order valence-corrected chi connectivity index (χ2v) is 40.7. The molecule has 6 heterocycles. The fraction of sp³-hybridized carbons (Fsp3) is 0.202. The Kier molecular flexibility index (Phi) is 35.3. The van der Waals surface area contributed by atoms with E-state index < -0.39 is 5.97 Å². The van der Waals surface area contributed by atoms with Crippen molar-refractivity contribution in [3.05, 3.63) is 460 Å². The van der Waals surface area contributed by atoms with E-state index in [1.807, 2.05) is 261 Å². The van der Waals surface area contributed by atoms with Crippen LogP contribution >= 0.6 is 0 Å². The molecule has 0 unspecified atom stereocenters. The summed E-state index contributed by atoms with van der Waals surface area (Å²) in [6.45, 7) is 51.6. The van der Waals surface area contributed by atoms with Gasteiger partial charge < -0.3 is 71.1 Å². The highest BCUT2D eigenvalue weighted by Crippen LogP contribution is 2.45. The molecule has 0 aromatic heterocycles. The van der Waals surface area contributed by atoms with Crippen LogP contribution in [0.4, 0.5) is 0 Å². The maximum Gasteiger partial charge on any atom is 0.339 e. The van der Waals surface area contributed by atoms with Gasteiger partial charge in [-0.15, -0.1) is 0 Å². The normalized spacial score (nSPS) is 13.2. The van der Waals surface area contributed by atoms with E-state index in [1.54, 1.807) is 24.7 Å². The summed E-state index contributed by atoms with van der Waals surface area (Å²) >= 11 is 0. The van der Waals surface area contributed by atoms with E-state index in [9.17, 15) is 14.4 Å². The van der Waals surface area contributed by atoms with Crippen molar-refractivity contribution in [1.29, 1.82) is 0 Å². The van der Waals surface area contributed by atoms with Crippen molar-refractivity contribution in [1.82, 2.24) is 0 Å². The van der Waals surface area contributed by atoms with Crippen molar-refractivity contribution in [2.24, 2.45) is 0 Å². The number of rotatable bonds is 11. The van der Waals surface area contributed by atoms with Gasteiger partial charge in [0.05, 0.1) is 37.2 Å². The van der Waals surface area contributed by atoms with Crippen molar-refractivity contribution in [2.45, 2.75) is 164 Å². The van der Waals surface area contributed by atoms with Crippen LogP contribution in [0.25, 0.3) is 48.8 Å². The van der Waals surface area contributed by atoms with Gasteiger partial charge >= 0.3 is 5.97 Å². The van der Waals surface area contributed by atoms with Gasteiger partial charge in [-0.05, 0) is 252 Å². The SMILES string of the molecule is C1=COc2cc3ccccc3cc2O1.C1=COc2cc3ccccc3cc2OC1.C=C(Oc1ccc(C(C)(C)C)cc1)c1ccccc1.C=C1Oc2cc3ccccc3cc2O1.C=C1Oc2ccc(C(C)(C)C)cc2O1.CC(=O)/C=C/Oc1ccc(C(C)(C)C)cc1.CC(=O)C=C1Oc2cc3ccccc3cc2O1.CC(C)(C)c1ccc(O/C=C/C(=O)Oc2ccc(C(C)(C)C)cc2)cc1.CC1(C)C=COc2ccccc21. The molecule has 15 aromatic rings. The molecule has 0 bridgehead atoms. The highest BCUT2D eigenvalue weighted by molar-refractivity contribution is 5.91. The fourth-order valence-corrected chi connectivity index (χ4v) is 15.1. The lowest BCUT2D eigenvalue weighted by Crippen LogP contribution is -2.18. The van der Waals surface area contributed by atoms with Gasteiger partial charge in [-0.1, -0.05) is 324 Å². The number of fused-ring (bicyclic) bond motifs is 10. The number of hydrogen-bond acceptors (Lipinski definition) is 18. The topological polar surface area (TPSA) is 190 Å². The summed E-state index contributed by atoms with van der Waals surface area (Å²) in [7, 11) is 0. The van der Waals surface area contributed by atoms with Crippen LogP contribution in [0.1, 0.15) is 170 Å². The summed E-state index contributed by atoms with van der Waals surface area (Å²) in [4.78, 5) is 33.5. The lowest BCUT2D eigenvalue weighted by atomic mass is 9.83. The summed E-state index contributed by atoms with van der Waals surface area (Å²) in [5.74, 6) is 12.2. The van der Waals surface area contributed by atoms with E-state index in [2.05, 4.69) is 192 Å². The third-order valence-corrected chi connectivity index (χ3v) is 23.4. The van der Waals surface area contributed by atoms with E-state index in [1.165, 1.54) is 95.9 Å². The van der Waals surface area contributed by atoms with Gasteiger partial charge in [-0.25, -0.2) is 4.79 Å². The number of hydrogen-bond donors (Lipinski definition) is 0. The Morgan fingerprint density at radius 1 is 0.313 bits per heavy atom. The second-order valence-electron chi connectivity index (χ2n) is 40.7. The van der Waals surface area contributed by atoms with Gasteiger partial charge in [0.1, 0.15) is 53.6 Å². The average molecular weight is 1970 g/mol. The minimum absolute atomic E-state index is 0.0219. The van der Waals surface area contributed by atoms with E-state index in [4.69, 9.17) is 71.1 Å². The standard InChI is InChI=1S/C23H28O3.C18H20O.C14H10O3.C14H18O2.C13H10O2.2C12H8O2.C12H14O2.C11H12O/c1-22(2,3)17-7-11-19(12-8-17)25-16-15-21(24)26-20-13-9-18(10-14-20)23(4,5)6;1-14(15-8-6-5-7-9-15)19-17-12-10-16(11-13-17)18(2,3)4;1-9(15)6-14-16-12-7-10-4-2-3-5-11(10)8-13(12)17-14;1-11(15)9-10-16-13-7-5-12(6-8-13)14(2,3)4;1-2-5-11-9-13-12(8-10(11)4-1)14-6-3-7-15-13;1-8-13-11-6-9-4-2-3-5-10(9)7-12(11)14-8;1-2-4-10-8-12-11(7-9(10)3-1)13-5-6-14-12;1-8-13-10-6-5-9(12(2,3)4)7-11(10)14-8;1-11(2)7-8-12-10-6-4-3-5-9(10)11/h7-16H,1-6H3;5-13H,1H2,2-4H3;2-8H,1H3;5-10H,1-4H3;1-6,8-9H,7H2;2-7H,1H2;1-8H;5-7H,1H2,2-4H3;3-8H,1-2H3/b16-15+;;;10-9+;;;;;. The molecule has 15 aromatic carbocycles. The minimum atomic E-state index is -0.472. The molecule has 0 saturated heterocycles. The van der Waals surface area contributed by atoms with E-state index >= 15 is 0 Å². The van der Waals surface area contributed by atoms with Crippen LogP contribution in [-0.4, -0.2) is 24.1 Å². The molecule has 6 aliphatic rings. The molecule has 6 aliphatic heterocycles. The van der Waals surface area contributed by atoms with Crippen LogP contribution in [-0.2, 0) is 46.9 Å². The van der Waals surface area contributed by atoms with Crippen molar-refractivity contribution >= 4 is 66.4 Å². The largest absolute Gasteiger partial charge is 0.485 e. The monoisotopic (exact) mass is 1960 g/mol. The number of allylic oxidation sites excluding steroid dienone is 3. The lowest BCUT2D eigenvalue weighted by molar-refractivity contribution is -0.129. The molecule has 147 heavy (non-hydrogen) atoms. The maximum absolute atomic E-state index is 11.9. The Labute approximate surface area is 863 Å². The van der Waals surface area contributed by atoms with Crippen molar-refractivity contribution in [3.63, 3.8) is 0 Å². The van der Waals surface area contributed by atoms with Crippen LogP contribution in [0, 0.1) is 0 Å². The molecule has 21 rings (SSSR count). The molecule has 0 atom stereocenters. The summed E-state index contributed by atoms with van der Waals surface area (Å²) in [5.41, 5.74) is 9.17. The first-order chi connectivity index (χ1) is 70.0. The number of ketones is 2. The summed E-state index contributed by atoms with van der Waals surface area (Å²) < 4.78 is 80.9. The zero-order valence-corrected chi connectivity index (χ0v) is 87.0.